The molecule has 7 nitrogen and oxygen atoms in total. The zero-order valence-corrected chi connectivity index (χ0v) is 17.7. The van der Waals surface area contributed by atoms with Gasteiger partial charge in [0, 0.05) is 42.4 Å². The number of piperidine rings is 1. The number of pyridine rings is 1. The number of aryl methyl sites for hydroxylation is 3. The molecule has 0 N–H and O–H groups in total. The van der Waals surface area contributed by atoms with Crippen molar-refractivity contribution in [1.29, 1.82) is 0 Å². The van der Waals surface area contributed by atoms with Crippen LogP contribution >= 0.6 is 0 Å². The van der Waals surface area contributed by atoms with Crippen LogP contribution in [-0.4, -0.2) is 44.6 Å². The van der Waals surface area contributed by atoms with Gasteiger partial charge in [0.2, 0.25) is 5.95 Å². The Bertz CT molecular complexity index is 1090. The van der Waals surface area contributed by atoms with Crippen LogP contribution in [0.4, 0.5) is 5.95 Å². The van der Waals surface area contributed by atoms with E-state index < -0.39 is 0 Å². The molecule has 5 heterocycles. The molecular formula is C23H26N6O. The summed E-state index contributed by atoms with van der Waals surface area (Å²) >= 11 is 0. The van der Waals surface area contributed by atoms with Crippen LogP contribution in [0.15, 0.2) is 30.6 Å². The van der Waals surface area contributed by atoms with Crippen molar-refractivity contribution in [3.05, 3.63) is 59.1 Å². The molecule has 154 valence electrons. The highest BCUT2D eigenvalue weighted by molar-refractivity contribution is 5.62. The van der Waals surface area contributed by atoms with Gasteiger partial charge in [-0.15, -0.1) is 0 Å². The Morgan fingerprint density at radius 2 is 1.80 bits per heavy atom. The van der Waals surface area contributed by atoms with Crippen molar-refractivity contribution >= 4 is 5.95 Å². The Kier molecular flexibility index (Phi) is 4.70. The van der Waals surface area contributed by atoms with Crippen LogP contribution in [0, 0.1) is 20.8 Å². The van der Waals surface area contributed by atoms with Gasteiger partial charge >= 0.3 is 0 Å². The molecule has 0 bridgehead atoms. The number of aromatic nitrogens is 5. The zero-order chi connectivity index (χ0) is 20.7. The van der Waals surface area contributed by atoms with E-state index >= 15 is 0 Å². The third-order valence-corrected chi connectivity index (χ3v) is 6.16. The van der Waals surface area contributed by atoms with Gasteiger partial charge in [-0.1, -0.05) is 0 Å². The summed E-state index contributed by atoms with van der Waals surface area (Å²) in [4.78, 5) is 25.4. The summed E-state index contributed by atoms with van der Waals surface area (Å²) in [7, 11) is 0. The molecule has 2 aliphatic heterocycles. The summed E-state index contributed by atoms with van der Waals surface area (Å²) in [5.41, 5.74) is 5.95. The normalized spacial score (nSPS) is 17.8. The van der Waals surface area contributed by atoms with Crippen LogP contribution < -0.4 is 4.90 Å². The van der Waals surface area contributed by atoms with Crippen molar-refractivity contribution < 1.29 is 4.74 Å². The van der Waals surface area contributed by atoms with E-state index in [0.29, 0.717) is 0 Å². The molecule has 0 unspecified atom stereocenters. The minimum atomic E-state index is -0.313. The average Bonchev–Trinajstić information content (AvgIpc) is 2.75. The topological polar surface area (TPSA) is 76.9 Å². The van der Waals surface area contributed by atoms with E-state index in [2.05, 4.69) is 25.9 Å². The highest BCUT2D eigenvalue weighted by Gasteiger charge is 2.42. The van der Waals surface area contributed by atoms with Crippen LogP contribution in [-0.2, 0) is 16.8 Å². The molecule has 3 aromatic rings. The predicted octanol–water partition coefficient (Wildman–Crippen LogP) is 3.32. The number of ether oxygens (including phenoxy) is 1. The van der Waals surface area contributed by atoms with Gasteiger partial charge in [-0.25, -0.2) is 19.9 Å². The second-order valence-electron chi connectivity index (χ2n) is 8.20. The van der Waals surface area contributed by atoms with Gasteiger partial charge in [-0.2, -0.15) is 0 Å². The monoisotopic (exact) mass is 402 g/mol. The number of rotatable bonds is 2. The zero-order valence-electron chi connectivity index (χ0n) is 17.7. The molecule has 1 saturated heterocycles. The molecular weight excluding hydrogens is 376 g/mol. The van der Waals surface area contributed by atoms with Crippen molar-refractivity contribution in [3.8, 4) is 11.3 Å². The molecule has 2 aliphatic rings. The first-order valence-corrected chi connectivity index (χ1v) is 10.5. The van der Waals surface area contributed by atoms with Crippen molar-refractivity contribution in [2.24, 2.45) is 0 Å². The second-order valence-corrected chi connectivity index (χ2v) is 8.20. The number of nitrogens with zero attached hydrogens (tertiary/aromatic N) is 6. The molecule has 0 saturated carbocycles. The maximum atomic E-state index is 6.33. The van der Waals surface area contributed by atoms with Crippen molar-refractivity contribution in [2.45, 2.75) is 45.6 Å². The second kappa shape index (κ2) is 7.40. The number of hydrogen-bond donors (Lipinski definition) is 0. The lowest BCUT2D eigenvalue weighted by atomic mass is 9.83. The van der Waals surface area contributed by atoms with Crippen LogP contribution in [0.1, 0.15) is 41.3 Å². The first-order chi connectivity index (χ1) is 14.5. The molecule has 7 heteroatoms. The standard InChI is InChI=1S/C23H26N6O/c1-15-4-5-19(16(2)26-15)20-6-10-24-22(28-20)29-11-8-23(9-12-29)21-18(7-13-30-23)14-25-17(3)27-21/h4-6,10,14H,7-9,11-13H2,1-3H3. The maximum absolute atomic E-state index is 6.33. The molecule has 1 fully saturated rings. The summed E-state index contributed by atoms with van der Waals surface area (Å²) in [6.07, 6.45) is 6.43. The molecule has 1 spiro atoms. The number of anilines is 1. The minimum Gasteiger partial charge on any atom is -0.368 e. The van der Waals surface area contributed by atoms with Crippen LogP contribution in [0.5, 0.6) is 0 Å². The molecule has 0 aromatic carbocycles. The fourth-order valence-corrected chi connectivity index (χ4v) is 4.55. The van der Waals surface area contributed by atoms with E-state index in [-0.39, 0.29) is 5.60 Å². The smallest absolute Gasteiger partial charge is 0.225 e. The van der Waals surface area contributed by atoms with Crippen LogP contribution in [0.25, 0.3) is 11.3 Å². The van der Waals surface area contributed by atoms with Gasteiger partial charge in [-0.3, -0.25) is 4.98 Å². The summed E-state index contributed by atoms with van der Waals surface area (Å²) in [5, 5.41) is 0. The van der Waals surface area contributed by atoms with E-state index in [4.69, 9.17) is 14.7 Å². The third-order valence-electron chi connectivity index (χ3n) is 6.16. The van der Waals surface area contributed by atoms with Gasteiger partial charge in [0.15, 0.2) is 0 Å². The first kappa shape index (κ1) is 19.1. The maximum Gasteiger partial charge on any atom is 0.225 e. The van der Waals surface area contributed by atoms with E-state index in [9.17, 15) is 0 Å². The predicted molar refractivity (Wildman–Crippen MR) is 114 cm³/mol. The Hall–Kier alpha value is -2.93. The number of fused-ring (bicyclic) bond motifs is 2. The van der Waals surface area contributed by atoms with E-state index in [1.165, 1.54) is 5.56 Å². The first-order valence-electron chi connectivity index (χ1n) is 10.5. The lowest BCUT2D eigenvalue weighted by Crippen LogP contribution is -2.47. The van der Waals surface area contributed by atoms with Crippen LogP contribution in [0.3, 0.4) is 0 Å². The average molecular weight is 403 g/mol. The highest BCUT2D eigenvalue weighted by Crippen LogP contribution is 2.40. The Morgan fingerprint density at radius 3 is 2.60 bits per heavy atom. The van der Waals surface area contributed by atoms with Gasteiger partial charge < -0.3 is 9.64 Å². The SMILES string of the molecule is Cc1ccc(-c2ccnc(N3CCC4(CC3)OCCc3cnc(C)nc34)n2)c(C)n1. The van der Waals surface area contributed by atoms with E-state index in [1.54, 1.807) is 0 Å². The molecule has 0 radical (unpaired) electrons. The largest absolute Gasteiger partial charge is 0.368 e. The Balaban J connectivity index is 1.39. The third kappa shape index (κ3) is 3.33. The van der Waals surface area contributed by atoms with Gasteiger partial charge in [-0.05, 0) is 63.8 Å². The van der Waals surface area contributed by atoms with Crippen molar-refractivity contribution in [2.75, 3.05) is 24.6 Å². The molecule has 3 aromatic heterocycles. The van der Waals surface area contributed by atoms with Crippen molar-refractivity contribution in [1.82, 2.24) is 24.9 Å². The Morgan fingerprint density at radius 1 is 0.967 bits per heavy atom. The fraction of sp³-hybridized carbons (Fsp3) is 0.435. The Labute approximate surface area is 176 Å². The molecule has 30 heavy (non-hydrogen) atoms. The van der Waals surface area contributed by atoms with Gasteiger partial charge in [0.25, 0.3) is 0 Å². The van der Waals surface area contributed by atoms with Gasteiger partial charge in [0.05, 0.1) is 18.0 Å². The molecule has 0 atom stereocenters. The molecule has 0 amide bonds. The molecule has 5 rings (SSSR count). The van der Waals surface area contributed by atoms with Gasteiger partial charge in [0.1, 0.15) is 11.4 Å². The minimum absolute atomic E-state index is 0.313. The lowest BCUT2D eigenvalue weighted by Gasteiger charge is -2.44. The fourth-order valence-electron chi connectivity index (χ4n) is 4.55. The van der Waals surface area contributed by atoms with E-state index in [1.807, 2.05) is 45.3 Å². The number of hydrogen-bond acceptors (Lipinski definition) is 7. The van der Waals surface area contributed by atoms with Crippen molar-refractivity contribution in [3.63, 3.8) is 0 Å². The molecule has 0 aliphatic carbocycles. The quantitative estimate of drug-likeness (QED) is 0.651. The summed E-state index contributed by atoms with van der Waals surface area (Å²) < 4.78 is 6.33. The highest BCUT2D eigenvalue weighted by atomic mass is 16.5. The lowest BCUT2D eigenvalue weighted by molar-refractivity contribution is -0.0804. The van der Waals surface area contributed by atoms with E-state index in [0.717, 1.165) is 79.1 Å². The summed E-state index contributed by atoms with van der Waals surface area (Å²) in [6.45, 7) is 8.36. The summed E-state index contributed by atoms with van der Waals surface area (Å²) in [5.74, 6) is 1.57. The summed E-state index contributed by atoms with van der Waals surface area (Å²) in [6, 6.07) is 6.06. The van der Waals surface area contributed by atoms with Crippen LogP contribution in [0.2, 0.25) is 0 Å².